The molecule has 2 N–H and O–H groups in total. The average molecular weight is 846 g/mol. The van der Waals surface area contributed by atoms with E-state index in [0.717, 1.165) is 39.5 Å². The molecule has 3 amide bonds. The summed E-state index contributed by atoms with van der Waals surface area (Å²) in [6.07, 6.45) is -2.12. The molecule has 0 aromatic heterocycles. The lowest BCUT2D eigenvalue weighted by Crippen LogP contribution is -2.40. The van der Waals surface area contributed by atoms with Crippen LogP contribution in [0.5, 0.6) is 0 Å². The first-order chi connectivity index (χ1) is 21.3. The molecule has 0 aliphatic rings. The molecule has 46 heavy (non-hydrogen) atoms. The van der Waals surface area contributed by atoms with Gasteiger partial charge in [-0.1, -0.05) is 0 Å². The van der Waals surface area contributed by atoms with Gasteiger partial charge in [-0.15, -0.1) is 0 Å². The highest BCUT2D eigenvalue weighted by molar-refractivity contribution is 9.11. The van der Waals surface area contributed by atoms with Crippen LogP contribution in [0.3, 0.4) is 0 Å². The summed E-state index contributed by atoms with van der Waals surface area (Å²) in [4.78, 5) is 98.0. The summed E-state index contributed by atoms with van der Waals surface area (Å²) in [5.74, 6) is -5.80. The number of hydrogen-bond donors (Lipinski definition) is 2. The van der Waals surface area contributed by atoms with Gasteiger partial charge in [0.15, 0.2) is 18.8 Å². The second-order valence-electron chi connectivity index (χ2n) is 9.36. The minimum Gasteiger partial charge on any atom is -0.462 e. The van der Waals surface area contributed by atoms with E-state index >= 15 is 0 Å². The quantitative estimate of drug-likeness (QED) is 0.192. The van der Waals surface area contributed by atoms with Gasteiger partial charge in [-0.25, -0.2) is 0 Å². The van der Waals surface area contributed by atoms with E-state index in [9.17, 15) is 38.4 Å². The number of amides is 3. The van der Waals surface area contributed by atoms with Gasteiger partial charge in [0.05, 0.1) is 38.8 Å². The average Bonchev–Trinajstić information content (AvgIpc) is 2.93. The van der Waals surface area contributed by atoms with Gasteiger partial charge >= 0.3 is 29.8 Å². The first kappa shape index (κ1) is 40.4. The lowest BCUT2D eigenvalue weighted by atomic mass is 10.1. The minimum atomic E-state index is -1.07. The Morgan fingerprint density at radius 2 is 1.15 bits per heavy atom. The monoisotopic (exact) mass is 843 g/mol. The zero-order valence-corrected chi connectivity index (χ0v) is 30.3. The predicted molar refractivity (Wildman–Crippen MR) is 168 cm³/mol. The van der Waals surface area contributed by atoms with Crippen molar-refractivity contribution in [3.05, 3.63) is 24.5 Å². The van der Waals surface area contributed by atoms with Gasteiger partial charge in [-0.2, -0.15) is 0 Å². The van der Waals surface area contributed by atoms with Crippen LogP contribution in [0.2, 0.25) is 0 Å². The molecule has 0 saturated heterocycles. The number of ether oxygens (including phenoxy) is 5. The molecule has 16 nitrogen and oxygen atoms in total. The maximum absolute atomic E-state index is 13.8. The number of nitrogens with zero attached hydrogens (tertiary/aromatic N) is 1. The third-order valence-corrected chi connectivity index (χ3v) is 7.73. The maximum Gasteiger partial charge on any atom is 0.303 e. The van der Waals surface area contributed by atoms with Crippen LogP contribution >= 0.6 is 47.8 Å². The van der Waals surface area contributed by atoms with Crippen LogP contribution < -0.4 is 10.6 Å². The first-order valence-electron chi connectivity index (χ1n) is 13.1. The van der Waals surface area contributed by atoms with Gasteiger partial charge < -0.3 is 39.2 Å². The number of carbonyl (C=O) groups excluding carboxylic acids is 8. The Labute approximate surface area is 288 Å². The second kappa shape index (κ2) is 19.2. The molecule has 2 atom stereocenters. The summed E-state index contributed by atoms with van der Waals surface area (Å²) in [7, 11) is 1.35. The van der Waals surface area contributed by atoms with Gasteiger partial charge in [0, 0.05) is 46.1 Å². The number of halogens is 3. The minimum absolute atomic E-state index is 0.00695. The summed E-state index contributed by atoms with van der Waals surface area (Å²) >= 11 is 9.88. The lowest BCUT2D eigenvalue weighted by molar-refractivity contribution is -0.156. The molecule has 0 aliphatic heterocycles. The van der Waals surface area contributed by atoms with Crippen LogP contribution in [-0.2, 0) is 52.5 Å². The zero-order chi connectivity index (χ0) is 35.3. The van der Waals surface area contributed by atoms with Gasteiger partial charge in [-0.3, -0.25) is 38.4 Å². The second-order valence-corrected chi connectivity index (χ2v) is 11.7. The lowest BCUT2D eigenvalue weighted by Gasteiger charge is -2.26. The highest BCUT2D eigenvalue weighted by atomic mass is 79.9. The molecule has 19 heteroatoms. The number of likely N-dealkylation sites (N-methyl/N-ethyl adjacent to an activating group) is 1. The molecule has 0 saturated carbocycles. The Hall–Kier alpha value is -3.58. The largest absolute Gasteiger partial charge is 0.462 e. The molecule has 1 aromatic rings. The fourth-order valence-corrected chi connectivity index (χ4v) is 6.41. The topological polar surface area (TPSA) is 210 Å². The molecule has 0 aliphatic carbocycles. The van der Waals surface area contributed by atoms with Crippen LogP contribution in [0, 0.1) is 0 Å². The van der Waals surface area contributed by atoms with E-state index in [1.807, 2.05) is 0 Å². The van der Waals surface area contributed by atoms with E-state index in [1.165, 1.54) is 7.05 Å². The SMILES string of the molecule is CC(=O)OCC(=O)Nc1c(Br)c(C(=O)NCC(COC(C)=O)OC(C)=O)c(Br)c(C(=O)N(C)CC(COC(C)=O)OC(C)=O)c1Br. The standard InChI is InChI=1S/C27H32Br3N3O13/c1-12(34)42-9-17(45-15(4)37)7-31-26(40)20-22(28)21(24(30)25(23(20)29)32-19(39)11-44-14(3)36)27(41)33(6)8-18(46-16(5)38)10-43-13(2)35/h17-18H,7-11H2,1-6H3,(H,31,40)(H,32,39). The van der Waals surface area contributed by atoms with E-state index in [0.29, 0.717) is 0 Å². The molecule has 0 bridgehead atoms. The van der Waals surface area contributed by atoms with E-state index in [2.05, 4.69) is 58.4 Å². The number of benzene rings is 1. The number of rotatable bonds is 15. The summed E-state index contributed by atoms with van der Waals surface area (Å²) in [5, 5.41) is 5.01. The Morgan fingerprint density at radius 1 is 0.674 bits per heavy atom. The van der Waals surface area contributed by atoms with Gasteiger partial charge in [-0.05, 0) is 47.8 Å². The Kier molecular flexibility index (Phi) is 16.9. The fourth-order valence-electron chi connectivity index (χ4n) is 3.53. The van der Waals surface area contributed by atoms with Crippen molar-refractivity contribution in [2.45, 2.75) is 46.8 Å². The van der Waals surface area contributed by atoms with Crippen molar-refractivity contribution in [1.82, 2.24) is 10.2 Å². The Bertz CT molecular complexity index is 1390. The maximum atomic E-state index is 13.8. The Balaban J connectivity index is 3.60. The molecule has 0 fully saturated rings. The molecule has 0 radical (unpaired) electrons. The van der Waals surface area contributed by atoms with Gasteiger partial charge in [0.1, 0.15) is 13.2 Å². The third kappa shape index (κ3) is 13.4. The molecule has 1 aromatic carbocycles. The summed E-state index contributed by atoms with van der Waals surface area (Å²) in [6.45, 7) is 3.70. The number of hydrogen-bond acceptors (Lipinski definition) is 13. The van der Waals surface area contributed by atoms with Crippen molar-refractivity contribution in [3.63, 3.8) is 0 Å². The van der Waals surface area contributed by atoms with E-state index in [-0.39, 0.29) is 56.5 Å². The zero-order valence-electron chi connectivity index (χ0n) is 25.6. The molecular formula is C27H32Br3N3O13. The van der Waals surface area contributed by atoms with E-state index in [1.54, 1.807) is 0 Å². The first-order valence-corrected chi connectivity index (χ1v) is 15.5. The molecule has 0 heterocycles. The molecule has 1 rings (SSSR count). The number of carbonyl (C=O) groups is 8. The van der Waals surface area contributed by atoms with E-state index < -0.39 is 66.4 Å². The predicted octanol–water partition coefficient (Wildman–Crippen LogP) is 2.27. The van der Waals surface area contributed by atoms with Crippen molar-refractivity contribution in [1.29, 1.82) is 0 Å². The Morgan fingerprint density at radius 3 is 1.65 bits per heavy atom. The normalized spacial score (nSPS) is 11.7. The molecule has 2 unspecified atom stereocenters. The van der Waals surface area contributed by atoms with Gasteiger partial charge in [0.25, 0.3) is 17.7 Å². The van der Waals surface area contributed by atoms with E-state index in [4.69, 9.17) is 23.7 Å². The summed E-state index contributed by atoms with van der Waals surface area (Å²) < 4.78 is 24.7. The highest BCUT2D eigenvalue weighted by Gasteiger charge is 2.32. The fraction of sp³-hybridized carbons (Fsp3) is 0.481. The van der Waals surface area contributed by atoms with Crippen molar-refractivity contribution < 1.29 is 62.0 Å². The number of nitrogens with one attached hydrogen (secondary N) is 2. The summed E-state index contributed by atoms with van der Waals surface area (Å²) in [6, 6.07) is 0. The van der Waals surface area contributed by atoms with Crippen molar-refractivity contribution in [2.75, 3.05) is 45.3 Å². The van der Waals surface area contributed by atoms with Crippen LogP contribution in [0.4, 0.5) is 5.69 Å². The van der Waals surface area contributed by atoms with Crippen molar-refractivity contribution in [2.24, 2.45) is 0 Å². The van der Waals surface area contributed by atoms with Crippen LogP contribution in [0.25, 0.3) is 0 Å². The molecule has 0 spiro atoms. The molecule has 254 valence electrons. The third-order valence-electron chi connectivity index (χ3n) is 5.35. The van der Waals surface area contributed by atoms with Gasteiger partial charge in [0.2, 0.25) is 0 Å². The van der Waals surface area contributed by atoms with Crippen LogP contribution in [0.1, 0.15) is 55.3 Å². The van der Waals surface area contributed by atoms with Crippen molar-refractivity contribution >= 4 is 101 Å². The van der Waals surface area contributed by atoms with Crippen LogP contribution in [-0.4, -0.2) is 105 Å². The number of esters is 5. The van der Waals surface area contributed by atoms with Crippen LogP contribution in [0.15, 0.2) is 13.4 Å². The molecular weight excluding hydrogens is 814 g/mol. The smallest absolute Gasteiger partial charge is 0.303 e. The van der Waals surface area contributed by atoms with Crippen molar-refractivity contribution in [3.8, 4) is 0 Å². The number of anilines is 1. The summed E-state index contributed by atoms with van der Waals surface area (Å²) in [5.41, 5.74) is -0.479. The highest BCUT2D eigenvalue weighted by Crippen LogP contribution is 2.43.